The fourth-order valence-electron chi connectivity index (χ4n) is 2.27. The molecule has 1 heterocycles. The van der Waals surface area contributed by atoms with Crippen molar-refractivity contribution in [2.45, 2.75) is 0 Å². The molecule has 2 aromatic carbocycles. The zero-order valence-electron chi connectivity index (χ0n) is 13.5. The highest BCUT2D eigenvalue weighted by Crippen LogP contribution is 2.26. The van der Waals surface area contributed by atoms with Crippen molar-refractivity contribution in [1.82, 2.24) is 4.98 Å². The number of benzene rings is 2. The Bertz CT molecular complexity index is 1210. The Kier molecular flexibility index (Phi) is 5.20. The van der Waals surface area contributed by atoms with Gasteiger partial charge in [-0.25, -0.2) is 0 Å². The van der Waals surface area contributed by atoms with E-state index in [0.29, 0.717) is 20.8 Å². The standard InChI is InChI=1S/C18H11ClN2O5S/c19-12-4-2-11(3-5-12)15(23)9-17-20-18(24)16(27-17)8-10-1-6-14(22)13(7-10)21(25)26/h1-9,22H,(H,20,24)/b16-8-,17-9-. The molecule has 0 saturated carbocycles. The molecule has 3 aromatic rings. The van der Waals surface area contributed by atoms with Gasteiger partial charge in [0.15, 0.2) is 11.5 Å². The molecule has 7 nitrogen and oxygen atoms in total. The van der Waals surface area contributed by atoms with Gasteiger partial charge in [0.25, 0.3) is 5.56 Å². The van der Waals surface area contributed by atoms with Gasteiger partial charge >= 0.3 is 5.69 Å². The Hall–Kier alpha value is -3.23. The summed E-state index contributed by atoms with van der Waals surface area (Å²) in [6.07, 6.45) is 2.74. The third kappa shape index (κ3) is 4.30. The molecule has 9 heteroatoms. The first kappa shape index (κ1) is 18.6. The monoisotopic (exact) mass is 402 g/mol. The lowest BCUT2D eigenvalue weighted by Crippen LogP contribution is -2.20. The van der Waals surface area contributed by atoms with E-state index >= 15 is 0 Å². The Morgan fingerprint density at radius 1 is 1.22 bits per heavy atom. The molecule has 2 N–H and O–H groups in total. The summed E-state index contributed by atoms with van der Waals surface area (Å²) in [5.41, 5.74) is -0.0805. The molecule has 0 saturated heterocycles. The molecular formula is C18H11ClN2O5S. The number of aromatic nitrogens is 1. The van der Waals surface area contributed by atoms with Crippen LogP contribution in [-0.4, -0.2) is 20.8 Å². The number of thiazole rings is 1. The molecule has 27 heavy (non-hydrogen) atoms. The van der Waals surface area contributed by atoms with Crippen molar-refractivity contribution in [1.29, 1.82) is 0 Å². The van der Waals surface area contributed by atoms with E-state index in [9.17, 15) is 24.8 Å². The number of nitrogens with zero attached hydrogens (tertiary/aromatic N) is 1. The number of hydrogen-bond acceptors (Lipinski definition) is 6. The van der Waals surface area contributed by atoms with E-state index < -0.39 is 21.9 Å². The van der Waals surface area contributed by atoms with Crippen molar-refractivity contribution < 1.29 is 14.8 Å². The second kappa shape index (κ2) is 7.56. The number of rotatable bonds is 4. The second-order valence-corrected chi connectivity index (χ2v) is 6.97. The first-order valence-corrected chi connectivity index (χ1v) is 8.73. The van der Waals surface area contributed by atoms with Gasteiger partial charge in [-0.2, -0.15) is 0 Å². The molecule has 0 atom stereocenters. The van der Waals surface area contributed by atoms with E-state index in [4.69, 9.17) is 11.6 Å². The third-order valence-electron chi connectivity index (χ3n) is 3.57. The van der Waals surface area contributed by atoms with Crippen LogP contribution in [-0.2, 0) is 0 Å². The highest BCUT2D eigenvalue weighted by atomic mass is 35.5. The van der Waals surface area contributed by atoms with Crippen LogP contribution < -0.4 is 14.8 Å². The minimum Gasteiger partial charge on any atom is -0.502 e. The van der Waals surface area contributed by atoms with Gasteiger partial charge in [-0.3, -0.25) is 19.7 Å². The van der Waals surface area contributed by atoms with Gasteiger partial charge in [0, 0.05) is 22.7 Å². The number of nitrogens with one attached hydrogen (secondary N) is 1. The summed E-state index contributed by atoms with van der Waals surface area (Å²) in [5.74, 6) is -0.754. The highest BCUT2D eigenvalue weighted by Gasteiger charge is 2.12. The Labute approximate surface area is 160 Å². The Balaban J connectivity index is 1.99. The van der Waals surface area contributed by atoms with Gasteiger partial charge < -0.3 is 10.1 Å². The number of aromatic hydroxyl groups is 1. The molecule has 0 aliphatic carbocycles. The molecule has 3 rings (SSSR count). The molecule has 0 amide bonds. The number of Topliss-reactive ketones (excluding diaryl/α,β-unsaturated/α-hetero) is 1. The smallest absolute Gasteiger partial charge is 0.311 e. The average molecular weight is 403 g/mol. The van der Waals surface area contributed by atoms with E-state index in [0.717, 1.165) is 17.4 Å². The summed E-state index contributed by atoms with van der Waals surface area (Å²) in [4.78, 5) is 37.1. The summed E-state index contributed by atoms with van der Waals surface area (Å²) < 4.78 is 0.615. The Morgan fingerprint density at radius 2 is 1.93 bits per heavy atom. The predicted molar refractivity (Wildman–Crippen MR) is 103 cm³/mol. The molecule has 0 aliphatic heterocycles. The lowest BCUT2D eigenvalue weighted by Gasteiger charge is -1.96. The Morgan fingerprint density at radius 3 is 2.59 bits per heavy atom. The number of hydrogen-bond donors (Lipinski definition) is 2. The van der Waals surface area contributed by atoms with Crippen LogP contribution in [0.5, 0.6) is 5.75 Å². The summed E-state index contributed by atoms with van der Waals surface area (Å²) >= 11 is 6.83. The number of nitro benzene ring substituents is 1. The zero-order chi connectivity index (χ0) is 19.6. The van der Waals surface area contributed by atoms with E-state index in [2.05, 4.69) is 4.98 Å². The van der Waals surface area contributed by atoms with Crippen LogP contribution in [0.15, 0.2) is 47.3 Å². The second-order valence-electron chi connectivity index (χ2n) is 5.45. The van der Waals surface area contributed by atoms with Crippen molar-refractivity contribution in [2.24, 2.45) is 0 Å². The fourth-order valence-corrected chi connectivity index (χ4v) is 3.28. The van der Waals surface area contributed by atoms with Gasteiger partial charge in [0.05, 0.1) is 14.1 Å². The van der Waals surface area contributed by atoms with Gasteiger partial charge in [0.2, 0.25) is 0 Å². The zero-order valence-corrected chi connectivity index (χ0v) is 15.1. The molecular weight excluding hydrogens is 392 g/mol. The lowest BCUT2D eigenvalue weighted by atomic mass is 10.1. The largest absolute Gasteiger partial charge is 0.502 e. The molecule has 136 valence electrons. The normalized spacial score (nSPS) is 12.3. The quantitative estimate of drug-likeness (QED) is 0.394. The van der Waals surface area contributed by atoms with Crippen LogP contribution in [0.25, 0.3) is 12.2 Å². The predicted octanol–water partition coefficient (Wildman–Crippen LogP) is 2.20. The van der Waals surface area contributed by atoms with Crippen LogP contribution in [0.4, 0.5) is 5.69 Å². The molecule has 0 fully saturated rings. The number of carbonyl (C=O) groups is 1. The maximum atomic E-state index is 12.2. The van der Waals surface area contributed by atoms with Crippen LogP contribution >= 0.6 is 22.9 Å². The number of phenolic OH excluding ortho intramolecular Hbond substituents is 1. The number of carbonyl (C=O) groups excluding carboxylic acids is 1. The molecule has 0 unspecified atom stereocenters. The van der Waals surface area contributed by atoms with E-state index in [1.54, 1.807) is 24.3 Å². The fraction of sp³-hybridized carbons (Fsp3) is 0. The van der Waals surface area contributed by atoms with E-state index in [1.807, 2.05) is 0 Å². The molecule has 0 spiro atoms. The number of phenols is 1. The number of H-pyrrole nitrogens is 1. The van der Waals surface area contributed by atoms with E-state index in [-0.39, 0.29) is 10.3 Å². The average Bonchev–Trinajstić information content (AvgIpc) is 2.96. The lowest BCUT2D eigenvalue weighted by molar-refractivity contribution is -0.385. The first-order valence-electron chi connectivity index (χ1n) is 7.53. The maximum Gasteiger partial charge on any atom is 0.311 e. The van der Waals surface area contributed by atoms with Crippen LogP contribution in [0.3, 0.4) is 0 Å². The summed E-state index contributed by atoms with van der Waals surface area (Å²) in [7, 11) is 0. The minimum atomic E-state index is -0.713. The van der Waals surface area contributed by atoms with Crippen molar-refractivity contribution in [3.63, 3.8) is 0 Å². The number of halogens is 1. The number of nitro groups is 1. The summed E-state index contributed by atoms with van der Waals surface area (Å²) in [6.45, 7) is 0. The summed E-state index contributed by atoms with van der Waals surface area (Å²) in [5, 5.41) is 20.9. The van der Waals surface area contributed by atoms with Crippen molar-refractivity contribution >= 4 is 46.6 Å². The molecule has 1 aromatic heterocycles. The summed E-state index contributed by atoms with van der Waals surface area (Å²) in [6, 6.07) is 10.1. The molecule has 0 radical (unpaired) electrons. The molecule has 0 bridgehead atoms. The number of aromatic amines is 1. The van der Waals surface area contributed by atoms with Gasteiger partial charge in [-0.1, -0.05) is 17.7 Å². The molecule has 0 aliphatic rings. The number of ketones is 1. The SMILES string of the molecule is O=C(/C=c1/[nH]c(=O)/c(=C/c2ccc(O)c([N+](=O)[O-])c2)s1)c1ccc(Cl)cc1. The van der Waals surface area contributed by atoms with Crippen LogP contribution in [0, 0.1) is 10.1 Å². The topological polar surface area (TPSA) is 113 Å². The van der Waals surface area contributed by atoms with Gasteiger partial charge in [-0.15, -0.1) is 11.3 Å². The van der Waals surface area contributed by atoms with Gasteiger partial charge in [0.1, 0.15) is 0 Å². The minimum absolute atomic E-state index is 0.269. The third-order valence-corrected chi connectivity index (χ3v) is 4.78. The van der Waals surface area contributed by atoms with Crippen LogP contribution in [0.1, 0.15) is 15.9 Å². The van der Waals surface area contributed by atoms with E-state index in [1.165, 1.54) is 24.3 Å². The van der Waals surface area contributed by atoms with Crippen molar-refractivity contribution in [2.75, 3.05) is 0 Å². The van der Waals surface area contributed by atoms with Crippen molar-refractivity contribution in [3.05, 3.63) is 88.3 Å². The van der Waals surface area contributed by atoms with Crippen LogP contribution in [0.2, 0.25) is 5.02 Å². The first-order chi connectivity index (χ1) is 12.8. The van der Waals surface area contributed by atoms with Gasteiger partial charge in [-0.05, 0) is 42.0 Å². The van der Waals surface area contributed by atoms with Crippen molar-refractivity contribution in [3.8, 4) is 5.75 Å². The maximum absolute atomic E-state index is 12.2. The highest BCUT2D eigenvalue weighted by molar-refractivity contribution is 7.07.